The van der Waals surface area contributed by atoms with Gasteiger partial charge in [-0.15, -0.1) is 0 Å². The molecule has 0 fully saturated rings. The molecule has 0 aliphatic carbocycles. The van der Waals surface area contributed by atoms with E-state index in [1.54, 1.807) is 6.92 Å². The highest BCUT2D eigenvalue weighted by Gasteiger charge is 2.27. The molecule has 8 heteroatoms. The number of aromatic nitrogens is 1. The van der Waals surface area contributed by atoms with Gasteiger partial charge in [0.15, 0.2) is 0 Å². The molecule has 0 aliphatic heterocycles. The molecule has 0 spiro atoms. The molecule has 3 atom stereocenters. The van der Waals surface area contributed by atoms with Crippen LogP contribution in [-0.2, 0) is 27.2 Å². The number of nitrogens with one attached hydrogen (secondary N) is 4. The zero-order valence-electron chi connectivity index (χ0n) is 20.3. The second-order valence-electron chi connectivity index (χ2n) is 8.80. The van der Waals surface area contributed by atoms with E-state index in [4.69, 9.17) is 5.73 Å². The normalized spacial score (nSPS) is 13.6. The lowest BCUT2D eigenvalue weighted by atomic mass is 10.0. The van der Waals surface area contributed by atoms with E-state index in [0.717, 1.165) is 34.9 Å². The molecular formula is C27H35N5O3. The summed E-state index contributed by atoms with van der Waals surface area (Å²) in [4.78, 5) is 41.7. The van der Waals surface area contributed by atoms with Crippen molar-refractivity contribution in [3.05, 3.63) is 71.9 Å². The van der Waals surface area contributed by atoms with Gasteiger partial charge in [0.1, 0.15) is 12.1 Å². The van der Waals surface area contributed by atoms with E-state index in [1.807, 2.05) is 67.7 Å². The Morgan fingerprint density at radius 1 is 0.914 bits per heavy atom. The molecule has 6 N–H and O–H groups in total. The molecule has 0 saturated carbocycles. The Labute approximate surface area is 206 Å². The number of aromatic amines is 1. The van der Waals surface area contributed by atoms with Crippen molar-refractivity contribution >= 4 is 28.6 Å². The van der Waals surface area contributed by atoms with Crippen molar-refractivity contribution in [1.29, 1.82) is 0 Å². The van der Waals surface area contributed by atoms with Crippen molar-refractivity contribution < 1.29 is 14.4 Å². The second kappa shape index (κ2) is 12.7. The topological polar surface area (TPSA) is 129 Å². The van der Waals surface area contributed by atoms with Gasteiger partial charge in [0.2, 0.25) is 17.7 Å². The van der Waals surface area contributed by atoms with Gasteiger partial charge in [-0.3, -0.25) is 14.4 Å². The molecule has 35 heavy (non-hydrogen) atoms. The van der Waals surface area contributed by atoms with E-state index in [0.29, 0.717) is 13.0 Å². The maximum atomic E-state index is 13.2. The smallest absolute Gasteiger partial charge is 0.243 e. The fourth-order valence-electron chi connectivity index (χ4n) is 3.89. The van der Waals surface area contributed by atoms with E-state index in [9.17, 15) is 14.4 Å². The molecule has 3 aromatic rings. The van der Waals surface area contributed by atoms with Crippen LogP contribution in [0.4, 0.5) is 0 Å². The molecule has 0 bridgehead atoms. The number of unbranched alkanes of at least 4 members (excludes halogenated alkanes) is 1. The summed E-state index contributed by atoms with van der Waals surface area (Å²) in [6, 6.07) is 14.8. The molecule has 0 radical (unpaired) electrons. The largest absolute Gasteiger partial charge is 0.361 e. The van der Waals surface area contributed by atoms with Crippen LogP contribution in [0.2, 0.25) is 0 Å². The maximum absolute atomic E-state index is 13.2. The zero-order chi connectivity index (χ0) is 25.2. The summed E-state index contributed by atoms with van der Waals surface area (Å²) in [5.41, 5.74) is 8.93. The lowest BCUT2D eigenvalue weighted by Gasteiger charge is -2.23. The summed E-state index contributed by atoms with van der Waals surface area (Å²) in [6.07, 6.45) is 4.27. The minimum atomic E-state index is -0.894. The average molecular weight is 478 g/mol. The predicted octanol–water partition coefficient (Wildman–Crippen LogP) is 2.19. The number of fused-ring (bicyclic) bond motifs is 1. The van der Waals surface area contributed by atoms with Gasteiger partial charge in [-0.05, 0) is 37.0 Å². The van der Waals surface area contributed by atoms with Crippen molar-refractivity contribution in [3.63, 3.8) is 0 Å². The van der Waals surface area contributed by atoms with Crippen LogP contribution in [0.5, 0.6) is 0 Å². The van der Waals surface area contributed by atoms with Gasteiger partial charge >= 0.3 is 0 Å². The fourth-order valence-corrected chi connectivity index (χ4v) is 3.89. The van der Waals surface area contributed by atoms with Crippen molar-refractivity contribution in [2.24, 2.45) is 5.73 Å². The highest BCUT2D eigenvalue weighted by Crippen LogP contribution is 2.19. The molecule has 186 valence electrons. The number of hydrogen-bond donors (Lipinski definition) is 5. The van der Waals surface area contributed by atoms with Gasteiger partial charge < -0.3 is 26.7 Å². The van der Waals surface area contributed by atoms with Crippen LogP contribution in [0.25, 0.3) is 10.9 Å². The first-order valence-electron chi connectivity index (χ1n) is 12.1. The number of amides is 3. The number of H-pyrrole nitrogens is 1. The Morgan fingerprint density at radius 2 is 1.63 bits per heavy atom. The number of hydrogen-bond acceptors (Lipinski definition) is 4. The number of carbonyl (C=O) groups is 3. The summed E-state index contributed by atoms with van der Waals surface area (Å²) in [6.45, 7) is 4.22. The maximum Gasteiger partial charge on any atom is 0.243 e. The van der Waals surface area contributed by atoms with Crippen LogP contribution in [0.3, 0.4) is 0 Å². The number of para-hydroxylation sites is 1. The highest BCUT2D eigenvalue weighted by molar-refractivity contribution is 5.93. The molecule has 2 aromatic carbocycles. The number of nitrogens with two attached hydrogens (primary N) is 1. The van der Waals surface area contributed by atoms with Crippen LogP contribution in [-0.4, -0.2) is 47.4 Å². The molecule has 0 aliphatic rings. The summed E-state index contributed by atoms with van der Waals surface area (Å²) in [5.74, 6) is -1.12. The average Bonchev–Trinajstić information content (AvgIpc) is 3.27. The third-order valence-electron chi connectivity index (χ3n) is 5.95. The van der Waals surface area contributed by atoms with Gasteiger partial charge in [-0.25, -0.2) is 0 Å². The van der Waals surface area contributed by atoms with Crippen LogP contribution < -0.4 is 21.7 Å². The van der Waals surface area contributed by atoms with Crippen LogP contribution in [0.15, 0.2) is 60.8 Å². The van der Waals surface area contributed by atoms with Crippen molar-refractivity contribution in [2.75, 3.05) is 6.54 Å². The quantitative estimate of drug-likeness (QED) is 0.256. The third-order valence-corrected chi connectivity index (χ3v) is 5.95. The molecule has 1 heterocycles. The molecule has 3 rings (SSSR count). The summed E-state index contributed by atoms with van der Waals surface area (Å²) < 4.78 is 0. The Hall–Kier alpha value is -3.65. The first-order valence-corrected chi connectivity index (χ1v) is 12.1. The predicted molar refractivity (Wildman–Crippen MR) is 138 cm³/mol. The number of carbonyl (C=O) groups excluding carboxylic acids is 3. The van der Waals surface area contributed by atoms with E-state index in [-0.39, 0.29) is 12.3 Å². The number of benzene rings is 2. The molecule has 3 amide bonds. The van der Waals surface area contributed by atoms with Gasteiger partial charge in [0, 0.05) is 30.1 Å². The molecule has 8 nitrogen and oxygen atoms in total. The van der Waals surface area contributed by atoms with E-state index < -0.39 is 29.9 Å². The van der Waals surface area contributed by atoms with Gasteiger partial charge in [0.25, 0.3) is 0 Å². The van der Waals surface area contributed by atoms with Crippen LogP contribution >= 0.6 is 0 Å². The van der Waals surface area contributed by atoms with Gasteiger partial charge in [-0.1, -0.05) is 61.9 Å². The van der Waals surface area contributed by atoms with Crippen molar-refractivity contribution in [2.45, 2.75) is 57.7 Å². The van der Waals surface area contributed by atoms with Crippen LogP contribution in [0.1, 0.15) is 37.8 Å². The minimum absolute atomic E-state index is 0.254. The molecule has 0 saturated heterocycles. The van der Waals surface area contributed by atoms with Gasteiger partial charge in [0.05, 0.1) is 6.04 Å². The van der Waals surface area contributed by atoms with Crippen molar-refractivity contribution in [1.82, 2.24) is 20.9 Å². The van der Waals surface area contributed by atoms with E-state index in [1.165, 1.54) is 0 Å². The zero-order valence-corrected chi connectivity index (χ0v) is 20.3. The first-order chi connectivity index (χ1) is 16.9. The third kappa shape index (κ3) is 7.42. The Balaban J connectivity index is 1.72. The molecule has 3 unspecified atom stereocenters. The minimum Gasteiger partial charge on any atom is -0.361 e. The molecule has 1 aromatic heterocycles. The SMILES string of the molecule is CCCCNC(=O)C(C)NC(=O)C(Cc1c[nH]c2ccccc12)NC(=O)C(N)Cc1ccccc1. The van der Waals surface area contributed by atoms with Crippen LogP contribution in [0, 0.1) is 0 Å². The lowest BCUT2D eigenvalue weighted by Crippen LogP contribution is -2.56. The summed E-state index contributed by atoms with van der Waals surface area (Å²) in [7, 11) is 0. The standard InChI is InChI=1S/C27H35N5O3/c1-3-4-14-29-25(33)18(2)31-27(35)24(16-20-17-30-23-13-9-8-12-21(20)23)32-26(34)22(28)15-19-10-6-5-7-11-19/h5-13,17-18,22,24,30H,3-4,14-16,28H2,1-2H3,(H,29,33)(H,31,35)(H,32,34). The Morgan fingerprint density at radius 3 is 2.37 bits per heavy atom. The van der Waals surface area contributed by atoms with Crippen molar-refractivity contribution in [3.8, 4) is 0 Å². The lowest BCUT2D eigenvalue weighted by molar-refractivity contribution is -0.132. The number of rotatable bonds is 12. The summed E-state index contributed by atoms with van der Waals surface area (Å²) >= 11 is 0. The Bertz CT molecular complexity index is 1130. The van der Waals surface area contributed by atoms with Gasteiger partial charge in [-0.2, -0.15) is 0 Å². The first kappa shape index (κ1) is 26.0. The monoisotopic (exact) mass is 477 g/mol. The molecular weight excluding hydrogens is 442 g/mol. The fraction of sp³-hybridized carbons (Fsp3) is 0.370. The van der Waals surface area contributed by atoms with E-state index in [2.05, 4.69) is 20.9 Å². The second-order valence-corrected chi connectivity index (χ2v) is 8.80. The highest BCUT2D eigenvalue weighted by atomic mass is 16.2. The Kier molecular flexibility index (Phi) is 9.43. The summed E-state index contributed by atoms with van der Waals surface area (Å²) in [5, 5.41) is 9.35. The van der Waals surface area contributed by atoms with E-state index >= 15 is 0 Å².